The molecule has 15 heteroatoms. The lowest BCUT2D eigenvalue weighted by molar-refractivity contribution is -0.126. The van der Waals surface area contributed by atoms with Crippen molar-refractivity contribution in [3.8, 4) is 17.2 Å². The highest BCUT2D eigenvalue weighted by Crippen LogP contribution is 2.60. The number of phenolic OH excluding ortho intramolecular Hbond substituents is 1. The molecule has 2 aliphatic carbocycles. The molecule has 0 bridgehead atoms. The molecular formula is C34H32B2N2O11. The zero-order valence-corrected chi connectivity index (χ0v) is 26.5. The molecule has 0 aromatic heterocycles. The number of carbonyl (C=O) groups excluding carboxylic acids is 4. The van der Waals surface area contributed by atoms with Crippen LogP contribution >= 0.6 is 0 Å². The third-order valence-corrected chi connectivity index (χ3v) is 10.3. The van der Waals surface area contributed by atoms with Crippen molar-refractivity contribution in [3.05, 3.63) is 77.9 Å². The lowest BCUT2D eigenvalue weighted by Crippen LogP contribution is -2.43. The normalized spacial score (nSPS) is 25.9. The minimum atomic E-state index is -1.84. The summed E-state index contributed by atoms with van der Waals surface area (Å²) in [5, 5.41) is 49.5. The third-order valence-electron chi connectivity index (χ3n) is 10.3. The Balaban J connectivity index is 1.37. The van der Waals surface area contributed by atoms with Gasteiger partial charge in [0.25, 0.3) is 0 Å². The smallest absolute Gasteiger partial charge is 0.488 e. The Morgan fingerprint density at radius 3 is 1.69 bits per heavy atom. The first-order chi connectivity index (χ1) is 23.5. The number of hydrogen-bond acceptors (Lipinski definition) is 11. The Hall–Kier alpha value is -4.95. The number of benzene rings is 3. The van der Waals surface area contributed by atoms with Crippen LogP contribution < -0.4 is 30.2 Å². The van der Waals surface area contributed by atoms with Gasteiger partial charge < -0.3 is 34.7 Å². The van der Waals surface area contributed by atoms with Gasteiger partial charge in [0.1, 0.15) is 17.2 Å². The van der Waals surface area contributed by atoms with Gasteiger partial charge in [0.2, 0.25) is 23.6 Å². The maximum absolute atomic E-state index is 14.5. The van der Waals surface area contributed by atoms with Crippen LogP contribution in [-0.4, -0.2) is 77.3 Å². The van der Waals surface area contributed by atoms with Gasteiger partial charge in [-0.1, -0.05) is 35.9 Å². The standard InChI is InChI=1S/C34H32B2N2O11/c1-48-25-13-20(39)14-26(49-2)30(25)28-21-9-10-22-27(33(42)37(31(22)40)18-7-3-5-16(11-18)35(44)45)23(21)15-24-29(28)34(43)38(32(24)41)19-8-4-6-17(12-19)36(46)47/h3-9,11-14,22-24,27-29,39,44-47H,10,15H2,1-2H3. The lowest BCUT2D eigenvalue weighted by Gasteiger charge is -2.44. The number of nitrogens with zero attached hydrogens (tertiary/aromatic N) is 2. The third kappa shape index (κ3) is 5.03. The molecule has 0 radical (unpaired) electrons. The van der Waals surface area contributed by atoms with Gasteiger partial charge in [-0.05, 0) is 54.0 Å². The van der Waals surface area contributed by atoms with E-state index in [9.17, 15) is 44.4 Å². The molecule has 1 saturated carbocycles. The minimum Gasteiger partial charge on any atom is -0.508 e. The minimum absolute atomic E-state index is 0.0719. The molecule has 0 spiro atoms. The number of allylic oxidation sites excluding steroid dienone is 2. The Kier molecular flexibility index (Phi) is 8.10. The first-order valence-electron chi connectivity index (χ1n) is 15.8. The number of amides is 4. The fraction of sp³-hybridized carbons (Fsp3) is 0.294. The van der Waals surface area contributed by atoms with Crippen molar-refractivity contribution in [2.24, 2.45) is 29.6 Å². The molecule has 3 aromatic rings. The van der Waals surface area contributed by atoms with E-state index in [4.69, 9.17) is 9.47 Å². The number of ether oxygens (including phenoxy) is 2. The number of aromatic hydroxyl groups is 1. The number of phenols is 1. The maximum Gasteiger partial charge on any atom is 0.488 e. The first kappa shape index (κ1) is 32.6. The molecule has 2 heterocycles. The van der Waals surface area contributed by atoms with E-state index in [0.29, 0.717) is 11.1 Å². The average molecular weight is 666 g/mol. The van der Waals surface area contributed by atoms with E-state index in [1.807, 2.05) is 6.08 Å². The van der Waals surface area contributed by atoms with Crippen LogP contribution in [0.4, 0.5) is 11.4 Å². The molecule has 6 unspecified atom stereocenters. The summed E-state index contributed by atoms with van der Waals surface area (Å²) < 4.78 is 11.4. The molecule has 7 rings (SSSR count). The van der Waals surface area contributed by atoms with Crippen molar-refractivity contribution in [2.75, 3.05) is 24.0 Å². The molecule has 250 valence electrons. The molecule has 3 fully saturated rings. The van der Waals surface area contributed by atoms with Crippen molar-refractivity contribution in [3.63, 3.8) is 0 Å². The summed E-state index contributed by atoms with van der Waals surface area (Å²) in [6.07, 6.45) is 2.09. The van der Waals surface area contributed by atoms with E-state index in [1.165, 1.54) is 74.9 Å². The highest BCUT2D eigenvalue weighted by atomic mass is 16.5. The van der Waals surface area contributed by atoms with E-state index >= 15 is 0 Å². The van der Waals surface area contributed by atoms with Crippen molar-refractivity contribution >= 4 is 60.2 Å². The monoisotopic (exact) mass is 666 g/mol. The Morgan fingerprint density at radius 2 is 1.18 bits per heavy atom. The predicted molar refractivity (Wildman–Crippen MR) is 176 cm³/mol. The number of rotatable bonds is 7. The van der Waals surface area contributed by atoms with Gasteiger partial charge >= 0.3 is 14.2 Å². The van der Waals surface area contributed by atoms with Crippen LogP contribution in [0.1, 0.15) is 24.3 Å². The lowest BCUT2D eigenvalue weighted by atomic mass is 9.57. The highest BCUT2D eigenvalue weighted by Gasteiger charge is 2.63. The maximum atomic E-state index is 14.5. The molecule has 49 heavy (non-hydrogen) atoms. The van der Waals surface area contributed by atoms with Gasteiger partial charge in [-0.25, -0.2) is 0 Å². The van der Waals surface area contributed by atoms with E-state index in [0.717, 1.165) is 9.80 Å². The van der Waals surface area contributed by atoms with Gasteiger partial charge in [-0.3, -0.25) is 29.0 Å². The summed E-state index contributed by atoms with van der Waals surface area (Å²) >= 11 is 0. The highest BCUT2D eigenvalue weighted by molar-refractivity contribution is 6.59. The summed E-state index contributed by atoms with van der Waals surface area (Å²) in [6, 6.07) is 14.5. The zero-order valence-electron chi connectivity index (χ0n) is 26.5. The fourth-order valence-corrected chi connectivity index (χ4v) is 8.30. The largest absolute Gasteiger partial charge is 0.508 e. The van der Waals surface area contributed by atoms with E-state index < -0.39 is 73.4 Å². The summed E-state index contributed by atoms with van der Waals surface area (Å²) in [6.45, 7) is 0. The molecular weight excluding hydrogens is 634 g/mol. The van der Waals surface area contributed by atoms with Crippen molar-refractivity contribution in [2.45, 2.75) is 18.8 Å². The van der Waals surface area contributed by atoms with Crippen molar-refractivity contribution < 1.29 is 53.9 Å². The van der Waals surface area contributed by atoms with Crippen molar-refractivity contribution in [1.82, 2.24) is 0 Å². The van der Waals surface area contributed by atoms with Crippen LogP contribution in [0.3, 0.4) is 0 Å². The van der Waals surface area contributed by atoms with E-state index in [-0.39, 0.29) is 52.4 Å². The molecule has 2 saturated heterocycles. The summed E-state index contributed by atoms with van der Waals surface area (Å²) in [7, 11) is -0.859. The first-order valence-corrected chi connectivity index (χ1v) is 15.8. The van der Waals surface area contributed by atoms with Gasteiger partial charge in [-0.15, -0.1) is 0 Å². The number of anilines is 2. The molecule has 2 aliphatic heterocycles. The van der Waals surface area contributed by atoms with Crippen molar-refractivity contribution in [1.29, 1.82) is 0 Å². The summed E-state index contributed by atoms with van der Waals surface area (Å²) in [5.74, 6) is -6.94. The quantitative estimate of drug-likeness (QED) is 0.128. The van der Waals surface area contributed by atoms with E-state index in [1.54, 1.807) is 0 Å². The van der Waals surface area contributed by atoms with Crippen LogP contribution in [0.5, 0.6) is 17.2 Å². The second-order valence-corrected chi connectivity index (χ2v) is 12.7. The SMILES string of the molecule is COc1cc(O)cc(OC)c1C1C2=CCC3C(=O)N(c4cccc(B(O)O)c4)C(=O)C3C2CC2C(=O)N(c3cccc(B(O)O)c3)C(=O)C21. The summed E-state index contributed by atoms with van der Waals surface area (Å²) in [4.78, 5) is 59.1. The van der Waals surface area contributed by atoms with Crippen LogP contribution in [0, 0.1) is 29.6 Å². The number of carbonyl (C=O) groups is 4. The topological polar surface area (TPSA) is 194 Å². The average Bonchev–Trinajstić information content (AvgIpc) is 3.50. The Labute approximate surface area is 281 Å². The van der Waals surface area contributed by atoms with Gasteiger partial charge in [0, 0.05) is 23.6 Å². The van der Waals surface area contributed by atoms with Gasteiger partial charge in [0.05, 0.1) is 49.3 Å². The van der Waals surface area contributed by atoms with Crippen LogP contribution in [-0.2, 0) is 19.2 Å². The van der Waals surface area contributed by atoms with Gasteiger partial charge in [-0.2, -0.15) is 0 Å². The summed E-state index contributed by atoms with van der Waals surface area (Å²) in [5.41, 5.74) is 1.58. The predicted octanol–water partition coefficient (Wildman–Crippen LogP) is -0.186. The van der Waals surface area contributed by atoms with Gasteiger partial charge in [0.15, 0.2) is 0 Å². The fourth-order valence-electron chi connectivity index (χ4n) is 8.30. The number of imide groups is 2. The second kappa shape index (κ2) is 12.2. The zero-order chi connectivity index (χ0) is 34.9. The number of fused-ring (bicyclic) bond motifs is 4. The van der Waals surface area contributed by atoms with Crippen LogP contribution in [0.2, 0.25) is 0 Å². The van der Waals surface area contributed by atoms with E-state index in [2.05, 4.69) is 0 Å². The Bertz CT molecular complexity index is 1910. The molecule has 4 amide bonds. The molecule has 4 aliphatic rings. The number of hydrogen-bond donors (Lipinski definition) is 5. The molecule has 6 atom stereocenters. The van der Waals surface area contributed by atoms with Crippen LogP contribution in [0.25, 0.3) is 0 Å². The molecule has 3 aromatic carbocycles. The molecule has 5 N–H and O–H groups in total. The molecule has 13 nitrogen and oxygen atoms in total. The Morgan fingerprint density at radius 1 is 0.673 bits per heavy atom. The van der Waals surface area contributed by atoms with Crippen LogP contribution in [0.15, 0.2) is 72.3 Å². The number of methoxy groups -OCH3 is 2. The second-order valence-electron chi connectivity index (χ2n) is 12.7.